The van der Waals surface area contributed by atoms with Crippen LogP contribution in [0.3, 0.4) is 0 Å². The van der Waals surface area contributed by atoms with Crippen molar-refractivity contribution in [2.45, 2.75) is 38.6 Å². The van der Waals surface area contributed by atoms with Gasteiger partial charge in [-0.3, -0.25) is 19.4 Å². The number of barbiturate groups is 1. The standard InChI is InChI=1S/C15H25ClN2O4Si/c1-7-8-15(9-11(10-16)22-23(4,5)6)12(19)17(2)14(21)18(3)13(15)20/h7,11H,1,8-10H2,2-6H3. The molecule has 0 aromatic rings. The lowest BCUT2D eigenvalue weighted by Gasteiger charge is -2.43. The first-order valence-electron chi connectivity index (χ1n) is 7.45. The first kappa shape index (κ1) is 19.9. The lowest BCUT2D eigenvalue weighted by molar-refractivity contribution is -0.159. The van der Waals surface area contributed by atoms with E-state index in [2.05, 4.69) is 6.58 Å². The number of alkyl halides is 1. The van der Waals surface area contributed by atoms with Crippen molar-refractivity contribution in [1.82, 2.24) is 9.80 Å². The zero-order valence-electron chi connectivity index (χ0n) is 14.4. The Kier molecular flexibility index (Phi) is 6.17. The van der Waals surface area contributed by atoms with Gasteiger partial charge < -0.3 is 4.43 Å². The molecule has 0 bridgehead atoms. The Morgan fingerprint density at radius 2 is 1.70 bits per heavy atom. The Hall–Kier alpha value is -1.18. The molecule has 0 N–H and O–H groups in total. The number of halogens is 1. The molecule has 0 radical (unpaired) electrons. The molecule has 0 aromatic heterocycles. The minimum atomic E-state index is -1.90. The molecule has 1 rings (SSSR count). The summed E-state index contributed by atoms with van der Waals surface area (Å²) in [5.74, 6) is -0.884. The number of hydrogen-bond donors (Lipinski definition) is 0. The number of carbonyl (C=O) groups excluding carboxylic acids is 3. The van der Waals surface area contributed by atoms with Gasteiger partial charge in [0.1, 0.15) is 5.41 Å². The van der Waals surface area contributed by atoms with Crippen molar-refractivity contribution in [2.24, 2.45) is 5.41 Å². The summed E-state index contributed by atoms with van der Waals surface area (Å²) in [5.41, 5.74) is -1.39. The molecule has 0 saturated carbocycles. The maximum atomic E-state index is 12.7. The second-order valence-corrected chi connectivity index (χ2v) is 11.6. The first-order chi connectivity index (χ1) is 10.5. The second kappa shape index (κ2) is 7.15. The minimum Gasteiger partial charge on any atom is -0.413 e. The number of hydrogen-bond acceptors (Lipinski definition) is 4. The molecule has 23 heavy (non-hydrogen) atoms. The van der Waals surface area contributed by atoms with Gasteiger partial charge in [-0.1, -0.05) is 6.08 Å². The molecule has 1 aliphatic heterocycles. The van der Waals surface area contributed by atoms with Crippen molar-refractivity contribution in [3.8, 4) is 0 Å². The number of urea groups is 1. The van der Waals surface area contributed by atoms with E-state index < -0.39 is 37.7 Å². The molecule has 6 nitrogen and oxygen atoms in total. The quantitative estimate of drug-likeness (QED) is 0.303. The zero-order chi connectivity index (χ0) is 18.0. The molecule has 1 heterocycles. The predicted octanol–water partition coefficient (Wildman–Crippen LogP) is 2.45. The van der Waals surface area contributed by atoms with Crippen LogP contribution in [0.1, 0.15) is 12.8 Å². The highest BCUT2D eigenvalue weighted by atomic mass is 35.5. The average molecular weight is 361 g/mol. The van der Waals surface area contributed by atoms with Gasteiger partial charge in [0, 0.05) is 20.0 Å². The smallest absolute Gasteiger partial charge is 0.332 e. The molecular formula is C15H25ClN2O4Si. The number of nitrogens with zero attached hydrogens (tertiary/aromatic N) is 2. The number of carbonyl (C=O) groups is 3. The molecule has 1 unspecified atom stereocenters. The SMILES string of the molecule is C=CCC1(CC(CCl)O[Si](C)(C)C)C(=O)N(C)C(=O)N(C)C1=O. The molecule has 1 saturated heterocycles. The van der Waals surface area contributed by atoms with Crippen LogP contribution in [-0.4, -0.2) is 62.0 Å². The van der Waals surface area contributed by atoms with Gasteiger partial charge in [-0.2, -0.15) is 0 Å². The van der Waals surface area contributed by atoms with E-state index in [1.807, 2.05) is 19.6 Å². The molecule has 8 heteroatoms. The van der Waals surface area contributed by atoms with Crippen LogP contribution >= 0.6 is 11.6 Å². The first-order valence-corrected chi connectivity index (χ1v) is 11.4. The summed E-state index contributed by atoms with van der Waals surface area (Å²) in [7, 11) is 0.851. The van der Waals surface area contributed by atoms with Gasteiger partial charge in [0.05, 0.1) is 6.10 Å². The van der Waals surface area contributed by atoms with Crippen molar-refractivity contribution in [3.63, 3.8) is 0 Å². The molecule has 130 valence electrons. The molecular weight excluding hydrogens is 336 g/mol. The van der Waals surface area contributed by atoms with Crippen LogP contribution in [-0.2, 0) is 14.0 Å². The summed E-state index contributed by atoms with van der Waals surface area (Å²) < 4.78 is 6.00. The number of rotatable bonds is 7. The van der Waals surface area contributed by atoms with Crippen molar-refractivity contribution in [1.29, 1.82) is 0 Å². The van der Waals surface area contributed by atoms with Crippen LogP contribution in [0.15, 0.2) is 12.7 Å². The zero-order valence-corrected chi connectivity index (χ0v) is 16.1. The molecule has 0 aliphatic carbocycles. The third-order valence-corrected chi connectivity index (χ3v) is 5.15. The molecule has 1 aliphatic rings. The van der Waals surface area contributed by atoms with E-state index in [0.717, 1.165) is 9.80 Å². The Labute approximate surface area is 143 Å². The molecule has 4 amide bonds. The summed E-state index contributed by atoms with van der Waals surface area (Å²) in [4.78, 5) is 39.4. The van der Waals surface area contributed by atoms with Gasteiger partial charge >= 0.3 is 6.03 Å². The molecule has 1 fully saturated rings. The van der Waals surface area contributed by atoms with Crippen molar-refractivity contribution in [2.75, 3.05) is 20.0 Å². The van der Waals surface area contributed by atoms with Gasteiger partial charge in [0.15, 0.2) is 8.32 Å². The fourth-order valence-electron chi connectivity index (χ4n) is 2.83. The predicted molar refractivity (Wildman–Crippen MR) is 91.7 cm³/mol. The molecule has 0 aromatic carbocycles. The van der Waals surface area contributed by atoms with Crippen LogP contribution in [0.25, 0.3) is 0 Å². The second-order valence-electron chi connectivity index (χ2n) is 6.80. The third kappa shape index (κ3) is 4.02. The third-order valence-electron chi connectivity index (χ3n) is 3.76. The number of amides is 4. The number of allylic oxidation sites excluding steroid dienone is 1. The largest absolute Gasteiger partial charge is 0.413 e. The van der Waals surface area contributed by atoms with Crippen LogP contribution in [0.5, 0.6) is 0 Å². The van der Waals surface area contributed by atoms with E-state index in [9.17, 15) is 14.4 Å². The van der Waals surface area contributed by atoms with Gasteiger partial charge in [-0.05, 0) is 32.5 Å². The topological polar surface area (TPSA) is 66.9 Å². The Morgan fingerprint density at radius 1 is 1.22 bits per heavy atom. The summed E-state index contributed by atoms with van der Waals surface area (Å²) in [6.45, 7) is 9.69. The van der Waals surface area contributed by atoms with Gasteiger partial charge in [0.25, 0.3) is 0 Å². The molecule has 1 atom stereocenters. The van der Waals surface area contributed by atoms with E-state index in [1.54, 1.807) is 0 Å². The van der Waals surface area contributed by atoms with E-state index in [-0.39, 0.29) is 18.7 Å². The molecule has 0 spiro atoms. The maximum Gasteiger partial charge on any atom is 0.332 e. The minimum absolute atomic E-state index is 0.131. The highest BCUT2D eigenvalue weighted by Crippen LogP contribution is 2.38. The van der Waals surface area contributed by atoms with E-state index >= 15 is 0 Å². The lowest BCUT2D eigenvalue weighted by Crippen LogP contribution is -2.63. The summed E-state index contributed by atoms with van der Waals surface area (Å²) in [6.07, 6.45) is 1.35. The fraction of sp³-hybridized carbons (Fsp3) is 0.667. The Morgan fingerprint density at radius 3 is 2.04 bits per heavy atom. The van der Waals surface area contributed by atoms with Crippen LogP contribution in [0, 0.1) is 5.41 Å². The maximum absolute atomic E-state index is 12.7. The Balaban J connectivity index is 3.24. The van der Waals surface area contributed by atoms with Crippen molar-refractivity contribution >= 4 is 37.8 Å². The summed E-state index contributed by atoms with van der Waals surface area (Å²) in [6, 6.07) is -0.631. The summed E-state index contributed by atoms with van der Waals surface area (Å²) in [5, 5.41) is 0. The van der Waals surface area contributed by atoms with E-state index in [4.69, 9.17) is 16.0 Å². The van der Waals surface area contributed by atoms with Crippen molar-refractivity contribution < 1.29 is 18.8 Å². The van der Waals surface area contributed by atoms with Gasteiger partial charge in [-0.25, -0.2) is 4.79 Å². The van der Waals surface area contributed by atoms with Crippen LogP contribution < -0.4 is 0 Å². The fourth-order valence-corrected chi connectivity index (χ4v) is 4.27. The van der Waals surface area contributed by atoms with Crippen molar-refractivity contribution in [3.05, 3.63) is 12.7 Å². The average Bonchev–Trinajstić information content (AvgIpc) is 2.47. The van der Waals surface area contributed by atoms with Crippen LogP contribution in [0.2, 0.25) is 19.6 Å². The van der Waals surface area contributed by atoms with Gasteiger partial charge in [-0.15, -0.1) is 18.2 Å². The van der Waals surface area contributed by atoms with E-state index in [1.165, 1.54) is 20.2 Å². The van der Waals surface area contributed by atoms with Gasteiger partial charge in [0.2, 0.25) is 11.8 Å². The lowest BCUT2D eigenvalue weighted by atomic mass is 9.75. The Bertz CT molecular complexity index is 494. The summed E-state index contributed by atoms with van der Waals surface area (Å²) >= 11 is 6.01. The monoisotopic (exact) mass is 360 g/mol. The normalized spacial score (nSPS) is 20.0. The highest BCUT2D eigenvalue weighted by molar-refractivity contribution is 6.69. The highest BCUT2D eigenvalue weighted by Gasteiger charge is 2.55. The van der Waals surface area contributed by atoms with Crippen LogP contribution in [0.4, 0.5) is 4.79 Å². The van der Waals surface area contributed by atoms with E-state index in [0.29, 0.717) is 0 Å². The number of imide groups is 2.